The number of fused-ring (bicyclic) bond motifs is 1. The third-order valence-electron chi connectivity index (χ3n) is 3.00. The van der Waals surface area contributed by atoms with Crippen LogP contribution in [-0.2, 0) is 13.0 Å². The highest BCUT2D eigenvalue weighted by Gasteiger charge is 2.07. The zero-order valence-electron chi connectivity index (χ0n) is 10.0. The number of pyridine rings is 1. The van der Waals surface area contributed by atoms with Gasteiger partial charge in [0.15, 0.2) is 0 Å². The average Bonchev–Trinajstić information content (AvgIpc) is 2.36. The molecule has 0 amide bonds. The maximum Gasteiger partial charge on any atom is 0.254 e. The average molecular weight is 231 g/mol. The lowest BCUT2D eigenvalue weighted by Crippen LogP contribution is -2.23. The first-order valence-electron chi connectivity index (χ1n) is 6.00. The number of rotatable bonds is 4. The fourth-order valence-electron chi connectivity index (χ4n) is 2.15. The smallest absolute Gasteiger partial charge is 0.254 e. The van der Waals surface area contributed by atoms with Crippen LogP contribution in [0.15, 0.2) is 35.1 Å². The molecular formula is C14H17NO2. The Kier molecular flexibility index (Phi) is 3.59. The summed E-state index contributed by atoms with van der Waals surface area (Å²) in [6.45, 7) is 2.77. The van der Waals surface area contributed by atoms with Crippen LogP contribution in [0.5, 0.6) is 0 Å². The largest absolute Gasteiger partial charge is 0.396 e. The highest BCUT2D eigenvalue weighted by atomic mass is 16.2. The number of aliphatic hydroxyl groups excluding tert-OH is 1. The first-order chi connectivity index (χ1) is 8.27. The molecule has 0 saturated heterocycles. The lowest BCUT2D eigenvalue weighted by Gasteiger charge is -2.10. The van der Waals surface area contributed by atoms with Crippen LogP contribution in [0.4, 0.5) is 0 Å². The van der Waals surface area contributed by atoms with Gasteiger partial charge in [0.05, 0.1) is 5.52 Å². The van der Waals surface area contributed by atoms with Gasteiger partial charge in [-0.2, -0.15) is 0 Å². The molecule has 1 N–H and O–H groups in total. The predicted molar refractivity (Wildman–Crippen MR) is 69.3 cm³/mol. The summed E-state index contributed by atoms with van der Waals surface area (Å²) in [5.41, 5.74) is 1.84. The molecule has 0 radical (unpaired) electrons. The van der Waals surface area contributed by atoms with Crippen LogP contribution in [0.25, 0.3) is 10.9 Å². The second-order valence-electron chi connectivity index (χ2n) is 4.10. The third kappa shape index (κ3) is 2.24. The number of para-hydroxylation sites is 1. The summed E-state index contributed by atoms with van der Waals surface area (Å²) >= 11 is 0. The van der Waals surface area contributed by atoms with Gasteiger partial charge in [0, 0.05) is 18.7 Å². The first kappa shape index (κ1) is 11.9. The number of hydrogen-bond donors (Lipinski definition) is 1. The Morgan fingerprint density at radius 2 is 2.06 bits per heavy atom. The van der Waals surface area contributed by atoms with Crippen molar-refractivity contribution >= 4 is 10.9 Å². The lowest BCUT2D eigenvalue weighted by molar-refractivity contribution is 0.288. The molecular weight excluding hydrogens is 214 g/mol. The molecule has 0 saturated carbocycles. The minimum atomic E-state index is 0.0691. The van der Waals surface area contributed by atoms with Crippen molar-refractivity contribution in [1.29, 1.82) is 0 Å². The van der Waals surface area contributed by atoms with E-state index < -0.39 is 0 Å². The van der Waals surface area contributed by atoms with Gasteiger partial charge in [-0.05, 0) is 37.3 Å². The van der Waals surface area contributed by atoms with Crippen LogP contribution in [0.1, 0.15) is 18.9 Å². The Morgan fingerprint density at radius 1 is 1.29 bits per heavy atom. The Hall–Kier alpha value is -1.61. The molecule has 2 rings (SSSR count). The summed E-state index contributed by atoms with van der Waals surface area (Å²) in [7, 11) is 0. The van der Waals surface area contributed by atoms with Crippen LogP contribution < -0.4 is 5.56 Å². The van der Waals surface area contributed by atoms with Crippen LogP contribution in [0.2, 0.25) is 0 Å². The van der Waals surface area contributed by atoms with Gasteiger partial charge < -0.3 is 9.67 Å². The molecule has 90 valence electrons. The third-order valence-corrected chi connectivity index (χ3v) is 3.00. The molecule has 3 nitrogen and oxygen atoms in total. The number of aromatic nitrogens is 1. The second-order valence-corrected chi connectivity index (χ2v) is 4.10. The molecule has 0 unspecified atom stereocenters. The molecule has 0 aliphatic carbocycles. The normalized spacial score (nSPS) is 10.9. The van der Waals surface area contributed by atoms with Gasteiger partial charge in [-0.3, -0.25) is 4.79 Å². The molecule has 0 aliphatic heterocycles. The molecule has 1 aromatic heterocycles. The van der Waals surface area contributed by atoms with Gasteiger partial charge >= 0.3 is 0 Å². The maximum absolute atomic E-state index is 12.2. The molecule has 3 heteroatoms. The zero-order valence-corrected chi connectivity index (χ0v) is 10.0. The topological polar surface area (TPSA) is 42.2 Å². The van der Waals surface area contributed by atoms with E-state index in [0.717, 1.165) is 16.5 Å². The minimum Gasteiger partial charge on any atom is -0.396 e. The number of hydrogen-bond acceptors (Lipinski definition) is 2. The summed E-state index contributed by atoms with van der Waals surface area (Å²) in [5.74, 6) is 0. The standard InChI is InChI=1S/C14H17NO2/c1-2-15-13-8-4-3-6-11(13)10-12(14(15)17)7-5-9-16/h3-4,6,8,10,16H,2,5,7,9H2,1H3. The van der Waals surface area contributed by atoms with Gasteiger partial charge in [-0.1, -0.05) is 18.2 Å². The summed E-state index contributed by atoms with van der Waals surface area (Å²) in [4.78, 5) is 12.2. The van der Waals surface area contributed by atoms with Gasteiger partial charge in [0.2, 0.25) is 0 Å². The van der Waals surface area contributed by atoms with Crippen molar-refractivity contribution in [3.8, 4) is 0 Å². The van der Waals surface area contributed by atoms with E-state index in [1.54, 1.807) is 4.57 Å². The summed E-state index contributed by atoms with van der Waals surface area (Å²) in [5, 5.41) is 9.93. The maximum atomic E-state index is 12.2. The van der Waals surface area contributed by atoms with E-state index in [4.69, 9.17) is 5.11 Å². The van der Waals surface area contributed by atoms with E-state index in [1.807, 2.05) is 37.3 Å². The summed E-state index contributed by atoms with van der Waals surface area (Å²) < 4.78 is 1.79. The highest BCUT2D eigenvalue weighted by Crippen LogP contribution is 2.14. The molecule has 0 bridgehead atoms. The lowest BCUT2D eigenvalue weighted by atomic mass is 10.1. The molecule has 0 atom stereocenters. The van der Waals surface area contributed by atoms with Crippen LogP contribution >= 0.6 is 0 Å². The monoisotopic (exact) mass is 231 g/mol. The predicted octanol–water partition coefficient (Wildman–Crippen LogP) is 1.95. The first-order valence-corrected chi connectivity index (χ1v) is 6.00. The van der Waals surface area contributed by atoms with E-state index in [9.17, 15) is 4.79 Å². The van der Waals surface area contributed by atoms with E-state index in [1.165, 1.54) is 0 Å². The van der Waals surface area contributed by atoms with E-state index >= 15 is 0 Å². The van der Waals surface area contributed by atoms with Crippen LogP contribution in [0, 0.1) is 0 Å². The quantitative estimate of drug-likeness (QED) is 0.873. The minimum absolute atomic E-state index is 0.0691. The van der Waals surface area contributed by atoms with Crippen molar-refractivity contribution in [3.05, 3.63) is 46.2 Å². The number of benzene rings is 1. The highest BCUT2D eigenvalue weighted by molar-refractivity contribution is 5.79. The molecule has 0 spiro atoms. The Balaban J connectivity index is 2.63. The second kappa shape index (κ2) is 5.15. The van der Waals surface area contributed by atoms with Crippen molar-refractivity contribution in [3.63, 3.8) is 0 Å². The van der Waals surface area contributed by atoms with Crippen molar-refractivity contribution in [2.45, 2.75) is 26.3 Å². The molecule has 0 fully saturated rings. The van der Waals surface area contributed by atoms with Crippen LogP contribution in [0.3, 0.4) is 0 Å². The fourth-order valence-corrected chi connectivity index (χ4v) is 2.15. The van der Waals surface area contributed by atoms with Gasteiger partial charge in [-0.25, -0.2) is 0 Å². The van der Waals surface area contributed by atoms with E-state index in [0.29, 0.717) is 19.4 Å². The molecule has 0 aliphatic rings. The van der Waals surface area contributed by atoms with Crippen molar-refractivity contribution in [1.82, 2.24) is 4.57 Å². The summed E-state index contributed by atoms with van der Waals surface area (Å²) in [6, 6.07) is 9.85. The Morgan fingerprint density at radius 3 is 2.76 bits per heavy atom. The number of nitrogens with zero attached hydrogens (tertiary/aromatic N) is 1. The van der Waals surface area contributed by atoms with Gasteiger partial charge in [-0.15, -0.1) is 0 Å². The SMILES string of the molecule is CCn1c(=O)c(CCCO)cc2ccccc21. The van der Waals surface area contributed by atoms with Crippen LogP contribution in [-0.4, -0.2) is 16.3 Å². The number of aryl methyl sites for hydroxylation is 2. The summed E-state index contributed by atoms with van der Waals surface area (Å²) in [6.07, 6.45) is 1.28. The van der Waals surface area contributed by atoms with Gasteiger partial charge in [0.25, 0.3) is 5.56 Å². The van der Waals surface area contributed by atoms with Crippen molar-refractivity contribution in [2.75, 3.05) is 6.61 Å². The molecule has 2 aromatic rings. The van der Waals surface area contributed by atoms with E-state index in [-0.39, 0.29) is 12.2 Å². The molecule has 17 heavy (non-hydrogen) atoms. The number of aliphatic hydroxyl groups is 1. The zero-order chi connectivity index (χ0) is 12.3. The fraction of sp³-hybridized carbons (Fsp3) is 0.357. The molecule has 1 heterocycles. The van der Waals surface area contributed by atoms with Gasteiger partial charge in [0.1, 0.15) is 0 Å². The Bertz CT molecular complexity index is 572. The van der Waals surface area contributed by atoms with Crippen molar-refractivity contribution < 1.29 is 5.11 Å². The molecule has 1 aromatic carbocycles. The Labute approximate surface area is 100 Å². The van der Waals surface area contributed by atoms with Crippen molar-refractivity contribution in [2.24, 2.45) is 0 Å². The van der Waals surface area contributed by atoms with E-state index in [2.05, 4.69) is 0 Å².